The third-order valence-electron chi connectivity index (χ3n) is 20.6. The van der Waals surface area contributed by atoms with Gasteiger partial charge in [0.25, 0.3) is 5.79 Å². The molecule has 23 heteroatoms. The van der Waals surface area contributed by atoms with Crippen molar-refractivity contribution in [3.63, 3.8) is 0 Å². The highest BCUT2D eigenvalue weighted by Gasteiger charge is 2.60. The fraction of sp³-hybridized carbons (Fsp3) is 0.961. The first-order chi connectivity index (χ1) is 47.9. The summed E-state index contributed by atoms with van der Waals surface area (Å²) in [5.41, 5.74) is 0. The van der Waals surface area contributed by atoms with E-state index in [1.807, 2.05) is 0 Å². The molecule has 584 valence electrons. The maximum absolute atomic E-state index is 13.6. The lowest BCUT2D eigenvalue weighted by atomic mass is 9.88. The summed E-state index contributed by atoms with van der Waals surface area (Å²) < 4.78 is 35.0. The van der Waals surface area contributed by atoms with Crippen LogP contribution in [0.3, 0.4) is 0 Å². The van der Waals surface area contributed by atoms with Crippen LogP contribution in [0.25, 0.3) is 0 Å². The maximum atomic E-state index is 13.6. The van der Waals surface area contributed by atoms with Crippen molar-refractivity contribution in [2.24, 2.45) is 0 Å². The second-order valence-corrected chi connectivity index (χ2v) is 29.3. The first-order valence-corrected chi connectivity index (χ1v) is 39.9. The fourth-order valence-electron chi connectivity index (χ4n) is 14.2. The molecule has 0 radical (unpaired) electrons. The lowest BCUT2D eigenvalue weighted by Crippen LogP contribution is -2.70. The molecule has 2 amide bonds. The number of rotatable bonds is 63. The average Bonchev–Trinajstić information content (AvgIpc) is 0.757. The molecule has 14 N–H and O–H groups in total. The first-order valence-electron chi connectivity index (χ1n) is 39.9. The number of amides is 2. The number of aliphatic carboxylic acids is 1. The van der Waals surface area contributed by atoms with Crippen molar-refractivity contribution in [3.05, 3.63) is 0 Å². The van der Waals surface area contributed by atoms with E-state index in [0.717, 1.165) is 51.9 Å². The number of hydrogen-bond acceptors (Lipinski definition) is 20. The first kappa shape index (κ1) is 90.9. The molecule has 18 atom stereocenters. The Morgan fingerprint density at radius 2 is 0.879 bits per heavy atom. The molecule has 0 saturated carbocycles. The van der Waals surface area contributed by atoms with Gasteiger partial charge in [0, 0.05) is 19.8 Å². The molecular weight excluding hydrogens is 1280 g/mol. The summed E-state index contributed by atoms with van der Waals surface area (Å²) in [6.45, 7) is 2.27. The predicted molar refractivity (Wildman–Crippen MR) is 380 cm³/mol. The number of carbonyl (C=O) groups excluding carboxylic acids is 2. The van der Waals surface area contributed by atoms with Gasteiger partial charge in [0.2, 0.25) is 11.8 Å². The number of carboxylic acid groups (broad SMARTS) is 1. The summed E-state index contributed by atoms with van der Waals surface area (Å²) in [6.07, 6.45) is 28.1. The van der Waals surface area contributed by atoms with Crippen LogP contribution in [0.5, 0.6) is 0 Å². The molecule has 3 aliphatic rings. The van der Waals surface area contributed by atoms with Crippen molar-refractivity contribution in [1.29, 1.82) is 0 Å². The van der Waals surface area contributed by atoms with Gasteiger partial charge in [-0.25, -0.2) is 4.79 Å². The van der Waals surface area contributed by atoms with E-state index in [1.165, 1.54) is 231 Å². The third-order valence-corrected chi connectivity index (χ3v) is 20.6. The van der Waals surface area contributed by atoms with Crippen molar-refractivity contribution in [1.82, 2.24) is 10.6 Å². The van der Waals surface area contributed by atoms with Gasteiger partial charge in [-0.15, -0.1) is 0 Å². The average molecular weight is 1420 g/mol. The summed E-state index contributed by atoms with van der Waals surface area (Å²) in [5, 5.41) is 137. The second-order valence-electron chi connectivity index (χ2n) is 29.3. The third kappa shape index (κ3) is 37.0. The number of unbranched alkanes of at least 4 members (excludes halogenated alkanes) is 43. The molecule has 0 aromatic heterocycles. The Bertz CT molecular complexity index is 1980. The molecule has 0 bridgehead atoms. The van der Waals surface area contributed by atoms with Gasteiger partial charge in [-0.2, -0.15) is 0 Å². The van der Waals surface area contributed by atoms with Crippen molar-refractivity contribution >= 4 is 17.8 Å². The van der Waals surface area contributed by atoms with Crippen LogP contribution in [0.15, 0.2) is 0 Å². The van der Waals surface area contributed by atoms with Crippen molar-refractivity contribution < 1.29 is 104 Å². The monoisotopic (exact) mass is 1420 g/mol. The fourth-order valence-corrected chi connectivity index (χ4v) is 14.2. The van der Waals surface area contributed by atoms with Gasteiger partial charge < -0.3 is 100 Å². The minimum absolute atomic E-state index is 0.230. The van der Waals surface area contributed by atoms with E-state index in [1.54, 1.807) is 0 Å². The lowest BCUT2D eigenvalue weighted by Gasteiger charge is -2.50. The highest BCUT2D eigenvalue weighted by Crippen LogP contribution is 2.39. The largest absolute Gasteiger partial charge is 0.477 e. The van der Waals surface area contributed by atoms with E-state index < -0.39 is 148 Å². The molecule has 0 aromatic carbocycles. The zero-order valence-electron chi connectivity index (χ0n) is 61.6. The Morgan fingerprint density at radius 3 is 1.26 bits per heavy atom. The van der Waals surface area contributed by atoms with Gasteiger partial charge in [0.05, 0.1) is 50.7 Å². The van der Waals surface area contributed by atoms with Crippen LogP contribution in [-0.4, -0.2) is 215 Å². The van der Waals surface area contributed by atoms with Crippen LogP contribution in [0.1, 0.15) is 329 Å². The molecule has 3 aliphatic heterocycles. The Hall–Kier alpha value is -2.27. The normalized spacial score (nSPS) is 27.0. The number of nitrogens with one attached hydrogen (secondary N) is 2. The number of aliphatic hydroxyl groups excluding tert-OH is 11. The van der Waals surface area contributed by atoms with Crippen molar-refractivity contribution in [3.8, 4) is 0 Å². The van der Waals surface area contributed by atoms with Gasteiger partial charge >= 0.3 is 5.97 Å². The quantitative estimate of drug-likeness (QED) is 0.0252. The SMILES string of the molecule is CCCCCCCCCCCCCCCCCCCCCCCCCCCC(=O)NC(COC1OC(CO)C(OC2OC(CO)C(O)C(OC3(C(=O)O)CC(O)C(NC(C)=O)C(C(O)C(O)CO)O3)C2O)C(O)C1O)C(O)CCCCCCCCCCCCCCCCCCCCCC. The van der Waals surface area contributed by atoms with E-state index in [9.17, 15) is 75.7 Å². The van der Waals surface area contributed by atoms with Crippen LogP contribution in [-0.2, 0) is 42.8 Å². The summed E-state index contributed by atoms with van der Waals surface area (Å²) in [6, 6.07) is -2.53. The van der Waals surface area contributed by atoms with Crippen LogP contribution in [0.2, 0.25) is 0 Å². The summed E-state index contributed by atoms with van der Waals surface area (Å²) in [4.78, 5) is 38.7. The Labute approximate surface area is 595 Å². The van der Waals surface area contributed by atoms with Gasteiger partial charge in [-0.1, -0.05) is 296 Å². The standard InChI is InChI=1S/C76H144N2O21/c1-4-6-8-10-12-14-16-18-20-22-24-26-27-28-29-30-32-34-36-38-40-42-44-46-48-50-63(86)78-57(58(83)49-47-45-43-41-39-37-35-33-31-25-23-21-19-17-15-13-11-9-7-5-2)55-94-73-68(90)67(89)70(62(54-81)96-73)97-74-69(91)72(66(88)61(53-80)95-74)99-76(75(92)93)51-59(84)64(77-56(3)82)71(98-76)65(87)60(85)52-79/h57-62,64-74,79-81,83-85,87-91H,4-55H2,1-3H3,(H,77,82)(H,78,86)(H,92,93). The number of hydrogen-bond donors (Lipinski definition) is 14. The zero-order valence-corrected chi connectivity index (χ0v) is 61.6. The van der Waals surface area contributed by atoms with Crippen LogP contribution in [0.4, 0.5) is 0 Å². The minimum Gasteiger partial charge on any atom is -0.477 e. The smallest absolute Gasteiger partial charge is 0.364 e. The molecule has 3 saturated heterocycles. The summed E-state index contributed by atoms with van der Waals surface area (Å²) in [5.74, 6) is -6.09. The molecule has 3 rings (SSSR count). The predicted octanol–water partition coefficient (Wildman–Crippen LogP) is 10.0. The van der Waals surface area contributed by atoms with Gasteiger partial charge in [0.15, 0.2) is 12.6 Å². The van der Waals surface area contributed by atoms with Gasteiger partial charge in [-0.3, -0.25) is 9.59 Å². The number of carboxylic acids is 1. The minimum atomic E-state index is -3.08. The van der Waals surface area contributed by atoms with Crippen LogP contribution in [0, 0.1) is 0 Å². The molecule has 0 aromatic rings. The number of aliphatic hydroxyl groups is 11. The van der Waals surface area contributed by atoms with E-state index in [0.29, 0.717) is 19.3 Å². The van der Waals surface area contributed by atoms with Crippen LogP contribution < -0.4 is 10.6 Å². The highest BCUT2D eigenvalue weighted by molar-refractivity contribution is 5.77. The summed E-state index contributed by atoms with van der Waals surface area (Å²) in [7, 11) is 0. The molecule has 18 unspecified atom stereocenters. The maximum Gasteiger partial charge on any atom is 0.364 e. The molecule has 0 aliphatic carbocycles. The Balaban J connectivity index is 1.52. The molecular formula is C76H144N2O21. The Kier molecular flexibility index (Phi) is 51.5. The van der Waals surface area contributed by atoms with Gasteiger partial charge in [-0.05, 0) is 12.8 Å². The van der Waals surface area contributed by atoms with E-state index in [4.69, 9.17) is 28.4 Å². The van der Waals surface area contributed by atoms with Gasteiger partial charge in [0.1, 0.15) is 67.1 Å². The van der Waals surface area contributed by atoms with E-state index in [-0.39, 0.29) is 18.9 Å². The molecule has 3 fully saturated rings. The van der Waals surface area contributed by atoms with Crippen molar-refractivity contribution in [2.45, 2.75) is 439 Å². The van der Waals surface area contributed by atoms with Crippen LogP contribution >= 0.6 is 0 Å². The molecule has 3 heterocycles. The molecule has 23 nitrogen and oxygen atoms in total. The van der Waals surface area contributed by atoms with Crippen molar-refractivity contribution in [2.75, 3.05) is 26.4 Å². The highest BCUT2D eigenvalue weighted by atomic mass is 16.8. The topological polar surface area (TPSA) is 373 Å². The lowest BCUT2D eigenvalue weighted by molar-refractivity contribution is -0.386. The number of carbonyl (C=O) groups is 3. The molecule has 99 heavy (non-hydrogen) atoms. The molecule has 0 spiro atoms. The second kappa shape index (κ2) is 56.1. The zero-order chi connectivity index (χ0) is 72.5. The number of ether oxygens (including phenoxy) is 6. The van der Waals surface area contributed by atoms with E-state index in [2.05, 4.69) is 24.5 Å². The summed E-state index contributed by atoms with van der Waals surface area (Å²) >= 11 is 0. The Morgan fingerprint density at radius 1 is 0.485 bits per heavy atom. The van der Waals surface area contributed by atoms with E-state index >= 15 is 0 Å².